The average Bonchev–Trinajstić information content (AvgIpc) is 2.45. The van der Waals surface area contributed by atoms with Crippen LogP contribution in [0.4, 0.5) is 10.5 Å². The second kappa shape index (κ2) is 7.22. The molecule has 2 amide bonds. The Morgan fingerprint density at radius 1 is 1.27 bits per heavy atom. The molecule has 2 rings (SSSR count). The van der Waals surface area contributed by atoms with E-state index in [1.165, 1.54) is 0 Å². The highest BCUT2D eigenvalue weighted by Crippen LogP contribution is 2.21. The molecule has 0 aliphatic heterocycles. The first-order chi connectivity index (χ1) is 10.5. The van der Waals surface area contributed by atoms with Gasteiger partial charge < -0.3 is 15.7 Å². The van der Waals surface area contributed by atoms with E-state index < -0.39 is 6.10 Å². The van der Waals surface area contributed by atoms with Gasteiger partial charge in [0.05, 0.1) is 17.3 Å². The topological polar surface area (TPSA) is 74.2 Å². The number of pyridine rings is 1. The molecule has 2 aromatic rings. The molecular weight excluding hydrogens is 278 g/mol. The number of aliphatic hydroxyl groups is 1. The van der Waals surface area contributed by atoms with E-state index in [9.17, 15) is 9.90 Å². The lowest BCUT2D eigenvalue weighted by Crippen LogP contribution is -2.35. The van der Waals surface area contributed by atoms with Crippen LogP contribution in [0.2, 0.25) is 0 Å². The molecule has 1 aromatic heterocycles. The van der Waals surface area contributed by atoms with Crippen LogP contribution in [0.5, 0.6) is 0 Å². The third-order valence-corrected chi connectivity index (χ3v) is 3.35. The number of amides is 2. The molecule has 3 N–H and O–H groups in total. The van der Waals surface area contributed by atoms with Crippen LogP contribution in [0.1, 0.15) is 26.0 Å². The Morgan fingerprint density at radius 3 is 2.77 bits per heavy atom. The molecule has 0 spiro atoms. The summed E-state index contributed by atoms with van der Waals surface area (Å²) in [4.78, 5) is 16.4. The van der Waals surface area contributed by atoms with Crippen molar-refractivity contribution >= 4 is 22.6 Å². The summed E-state index contributed by atoms with van der Waals surface area (Å²) >= 11 is 0. The van der Waals surface area contributed by atoms with E-state index in [2.05, 4.69) is 15.6 Å². The third-order valence-electron chi connectivity index (χ3n) is 3.35. The van der Waals surface area contributed by atoms with Gasteiger partial charge in [0.15, 0.2) is 0 Å². The first kappa shape index (κ1) is 16.2. The lowest BCUT2D eigenvalue weighted by Gasteiger charge is -2.15. The number of urea groups is 1. The fourth-order valence-corrected chi connectivity index (χ4v) is 2.35. The van der Waals surface area contributed by atoms with Crippen molar-refractivity contribution in [2.75, 3.05) is 11.9 Å². The first-order valence-corrected chi connectivity index (χ1v) is 7.55. The van der Waals surface area contributed by atoms with Gasteiger partial charge in [0.1, 0.15) is 0 Å². The smallest absolute Gasteiger partial charge is 0.319 e. The number of carbonyl (C=O) groups excluding carboxylic acids is 1. The largest absolute Gasteiger partial charge is 0.391 e. The maximum Gasteiger partial charge on any atom is 0.319 e. The highest BCUT2D eigenvalue weighted by Gasteiger charge is 2.10. The number of hydrogen-bond donors (Lipinski definition) is 3. The number of para-hydroxylation sites is 1. The number of nitrogens with zero attached hydrogens (tertiary/aromatic N) is 1. The first-order valence-electron chi connectivity index (χ1n) is 7.55. The van der Waals surface area contributed by atoms with Crippen LogP contribution < -0.4 is 10.6 Å². The van der Waals surface area contributed by atoms with E-state index in [1.54, 1.807) is 0 Å². The van der Waals surface area contributed by atoms with Gasteiger partial charge in [-0.05, 0) is 31.4 Å². The number of aromatic nitrogens is 1. The molecular formula is C17H23N3O2. The summed E-state index contributed by atoms with van der Waals surface area (Å²) in [5.74, 6) is 0.394. The number of aryl methyl sites for hydroxylation is 1. The highest BCUT2D eigenvalue weighted by atomic mass is 16.3. The fraction of sp³-hybridized carbons (Fsp3) is 0.412. The molecule has 1 heterocycles. The number of hydrogen-bond acceptors (Lipinski definition) is 3. The fourth-order valence-electron chi connectivity index (χ4n) is 2.35. The maximum absolute atomic E-state index is 12.0. The van der Waals surface area contributed by atoms with Crippen molar-refractivity contribution in [3.63, 3.8) is 0 Å². The van der Waals surface area contributed by atoms with Crippen LogP contribution in [-0.4, -0.2) is 28.8 Å². The Morgan fingerprint density at radius 2 is 2.05 bits per heavy atom. The molecule has 0 fully saturated rings. The van der Waals surface area contributed by atoms with Gasteiger partial charge in [0.25, 0.3) is 0 Å². The number of aliphatic hydroxyl groups excluding tert-OH is 1. The molecule has 0 saturated heterocycles. The zero-order chi connectivity index (χ0) is 16.1. The van der Waals surface area contributed by atoms with Gasteiger partial charge in [-0.1, -0.05) is 32.0 Å². The van der Waals surface area contributed by atoms with E-state index in [1.807, 2.05) is 51.1 Å². The van der Waals surface area contributed by atoms with Crippen LogP contribution in [0, 0.1) is 12.8 Å². The van der Waals surface area contributed by atoms with E-state index >= 15 is 0 Å². The summed E-state index contributed by atoms with van der Waals surface area (Å²) in [7, 11) is 0. The standard InChI is InChI=1S/C17H23N3O2/c1-11(2)9-14(21)10-18-17(22)20-15-6-4-5-13-8-7-12(3)19-16(13)15/h4-8,11,14,21H,9-10H2,1-3H3,(H2,18,20,22). The van der Waals surface area contributed by atoms with Crippen molar-refractivity contribution in [1.29, 1.82) is 0 Å². The zero-order valence-electron chi connectivity index (χ0n) is 13.3. The Balaban J connectivity index is 2.01. The van der Waals surface area contributed by atoms with Gasteiger partial charge in [-0.25, -0.2) is 4.79 Å². The van der Waals surface area contributed by atoms with Gasteiger partial charge in [-0.2, -0.15) is 0 Å². The second-order valence-electron chi connectivity index (χ2n) is 5.95. The van der Waals surface area contributed by atoms with E-state index in [-0.39, 0.29) is 12.6 Å². The normalized spacial score (nSPS) is 12.4. The van der Waals surface area contributed by atoms with Gasteiger partial charge in [0, 0.05) is 17.6 Å². The summed E-state index contributed by atoms with van der Waals surface area (Å²) in [6.45, 7) is 6.22. The lowest BCUT2D eigenvalue weighted by atomic mass is 10.1. The van der Waals surface area contributed by atoms with Crippen LogP contribution in [0.15, 0.2) is 30.3 Å². The molecule has 1 unspecified atom stereocenters. The Bertz CT molecular complexity index is 655. The molecule has 0 saturated carbocycles. The minimum atomic E-state index is -0.529. The van der Waals surface area contributed by atoms with Crippen LogP contribution in [-0.2, 0) is 0 Å². The van der Waals surface area contributed by atoms with Crippen LogP contribution in [0.3, 0.4) is 0 Å². The number of carbonyl (C=O) groups is 1. The number of anilines is 1. The Kier molecular flexibility index (Phi) is 5.33. The molecule has 5 heteroatoms. The molecule has 5 nitrogen and oxygen atoms in total. The van der Waals surface area contributed by atoms with Crippen molar-refractivity contribution in [3.8, 4) is 0 Å². The molecule has 22 heavy (non-hydrogen) atoms. The van der Waals surface area contributed by atoms with Crippen molar-refractivity contribution in [3.05, 3.63) is 36.0 Å². The monoisotopic (exact) mass is 301 g/mol. The van der Waals surface area contributed by atoms with Gasteiger partial charge >= 0.3 is 6.03 Å². The molecule has 1 atom stereocenters. The van der Waals surface area contributed by atoms with Crippen molar-refractivity contribution in [1.82, 2.24) is 10.3 Å². The summed E-state index contributed by atoms with van der Waals surface area (Å²) in [5.41, 5.74) is 2.33. The summed E-state index contributed by atoms with van der Waals surface area (Å²) < 4.78 is 0. The molecule has 0 aliphatic carbocycles. The Hall–Kier alpha value is -2.14. The maximum atomic E-state index is 12.0. The second-order valence-corrected chi connectivity index (χ2v) is 5.95. The van der Waals surface area contributed by atoms with Crippen LogP contribution >= 0.6 is 0 Å². The lowest BCUT2D eigenvalue weighted by molar-refractivity contribution is 0.148. The number of rotatable bonds is 5. The predicted octanol–water partition coefficient (Wildman–Crippen LogP) is 3.07. The van der Waals surface area contributed by atoms with Gasteiger partial charge in [-0.3, -0.25) is 4.98 Å². The number of benzene rings is 1. The van der Waals surface area contributed by atoms with Crippen molar-refractivity contribution in [2.24, 2.45) is 5.92 Å². The van der Waals surface area contributed by atoms with Gasteiger partial charge in [0.2, 0.25) is 0 Å². The predicted molar refractivity (Wildman–Crippen MR) is 89.0 cm³/mol. The average molecular weight is 301 g/mol. The van der Waals surface area contributed by atoms with E-state index in [4.69, 9.17) is 0 Å². The number of fused-ring (bicyclic) bond motifs is 1. The summed E-state index contributed by atoms with van der Waals surface area (Å²) in [6.07, 6.45) is 0.133. The van der Waals surface area contributed by atoms with E-state index in [0.29, 0.717) is 18.0 Å². The summed E-state index contributed by atoms with van der Waals surface area (Å²) in [6, 6.07) is 9.24. The van der Waals surface area contributed by atoms with Crippen molar-refractivity contribution in [2.45, 2.75) is 33.3 Å². The third kappa shape index (κ3) is 4.43. The minimum Gasteiger partial charge on any atom is -0.391 e. The number of nitrogens with one attached hydrogen (secondary N) is 2. The van der Waals surface area contributed by atoms with E-state index in [0.717, 1.165) is 16.6 Å². The minimum absolute atomic E-state index is 0.237. The molecule has 0 aliphatic rings. The summed E-state index contributed by atoms with van der Waals surface area (Å²) in [5, 5.41) is 16.2. The highest BCUT2D eigenvalue weighted by molar-refractivity contribution is 5.99. The Labute approximate surface area is 130 Å². The zero-order valence-corrected chi connectivity index (χ0v) is 13.3. The molecule has 0 radical (unpaired) electrons. The molecule has 0 bridgehead atoms. The molecule has 1 aromatic carbocycles. The quantitative estimate of drug-likeness (QED) is 0.794. The van der Waals surface area contributed by atoms with Crippen molar-refractivity contribution < 1.29 is 9.90 Å². The SMILES string of the molecule is Cc1ccc2cccc(NC(=O)NCC(O)CC(C)C)c2n1. The molecule has 118 valence electrons. The van der Waals surface area contributed by atoms with Crippen LogP contribution in [0.25, 0.3) is 10.9 Å². The van der Waals surface area contributed by atoms with Gasteiger partial charge in [-0.15, -0.1) is 0 Å².